The van der Waals surface area contributed by atoms with E-state index in [2.05, 4.69) is 20.0 Å². The van der Waals surface area contributed by atoms with Crippen molar-refractivity contribution in [2.75, 3.05) is 6.54 Å². The first kappa shape index (κ1) is 13.6. The van der Waals surface area contributed by atoms with Crippen molar-refractivity contribution in [3.05, 3.63) is 50.2 Å². The molecule has 0 aliphatic carbocycles. The number of rotatable bonds is 4. The Morgan fingerprint density at radius 3 is 2.63 bits per heavy atom. The van der Waals surface area contributed by atoms with Gasteiger partial charge in [-0.1, -0.05) is 34.4 Å². The highest BCUT2D eigenvalue weighted by molar-refractivity contribution is 6.39. The predicted molar refractivity (Wildman–Crippen MR) is 69.6 cm³/mol. The zero-order chi connectivity index (χ0) is 13.8. The van der Waals surface area contributed by atoms with Crippen LogP contribution in [0.15, 0.2) is 27.5 Å². The fourth-order valence-corrected chi connectivity index (χ4v) is 2.03. The van der Waals surface area contributed by atoms with Crippen LogP contribution in [0.25, 0.3) is 0 Å². The van der Waals surface area contributed by atoms with Gasteiger partial charge in [-0.25, -0.2) is 4.79 Å². The predicted octanol–water partition coefficient (Wildman–Crippen LogP) is 1.64. The van der Waals surface area contributed by atoms with Crippen LogP contribution in [0.3, 0.4) is 0 Å². The molecule has 0 saturated carbocycles. The summed E-state index contributed by atoms with van der Waals surface area (Å²) in [5, 5.41) is 6.66. The molecule has 0 saturated heterocycles. The maximum Gasteiger partial charge on any atom is 0.438 e. The van der Waals surface area contributed by atoms with E-state index in [1.807, 2.05) is 0 Å². The first-order valence-corrected chi connectivity index (χ1v) is 6.10. The number of benzene rings is 1. The summed E-state index contributed by atoms with van der Waals surface area (Å²) in [5.74, 6) is -0.660. The van der Waals surface area contributed by atoms with E-state index in [1.54, 1.807) is 18.2 Å². The van der Waals surface area contributed by atoms with Gasteiger partial charge >= 0.3 is 5.76 Å². The van der Waals surface area contributed by atoms with Crippen molar-refractivity contribution in [3.63, 3.8) is 0 Å². The average molecular weight is 302 g/mol. The second-order valence-electron chi connectivity index (χ2n) is 3.64. The molecule has 2 rings (SSSR count). The van der Waals surface area contributed by atoms with E-state index in [-0.39, 0.29) is 28.1 Å². The van der Waals surface area contributed by atoms with Crippen molar-refractivity contribution in [1.29, 1.82) is 0 Å². The number of hydrogen-bond acceptors (Lipinski definition) is 4. The Bertz CT molecular complexity index is 630. The molecule has 0 radical (unpaired) electrons. The first-order valence-electron chi connectivity index (χ1n) is 5.35. The second-order valence-corrected chi connectivity index (χ2v) is 4.46. The highest BCUT2D eigenvalue weighted by Gasteiger charge is 2.14. The van der Waals surface area contributed by atoms with Gasteiger partial charge in [-0.2, -0.15) is 0 Å². The summed E-state index contributed by atoms with van der Waals surface area (Å²) >= 11 is 11.8. The van der Waals surface area contributed by atoms with Crippen LogP contribution < -0.4 is 11.1 Å². The molecule has 0 fully saturated rings. The molecule has 6 nitrogen and oxygen atoms in total. The molecule has 19 heavy (non-hydrogen) atoms. The Morgan fingerprint density at radius 1 is 1.37 bits per heavy atom. The van der Waals surface area contributed by atoms with E-state index in [9.17, 15) is 9.59 Å². The van der Waals surface area contributed by atoms with E-state index in [1.165, 1.54) is 0 Å². The van der Waals surface area contributed by atoms with Gasteiger partial charge < -0.3 is 5.32 Å². The van der Waals surface area contributed by atoms with Crippen LogP contribution in [-0.4, -0.2) is 22.6 Å². The van der Waals surface area contributed by atoms with Crippen LogP contribution in [0.1, 0.15) is 16.2 Å². The normalized spacial score (nSPS) is 10.4. The maximum absolute atomic E-state index is 11.9. The number of nitrogens with zero attached hydrogens (tertiary/aromatic N) is 1. The third-order valence-corrected chi connectivity index (χ3v) is 2.95. The highest BCUT2D eigenvalue weighted by Crippen LogP contribution is 2.23. The molecule has 0 unspecified atom stereocenters. The Kier molecular flexibility index (Phi) is 4.24. The number of carbonyl (C=O) groups excluding carboxylic acids is 1. The quantitative estimate of drug-likeness (QED) is 0.898. The van der Waals surface area contributed by atoms with Crippen molar-refractivity contribution in [1.82, 2.24) is 15.5 Å². The van der Waals surface area contributed by atoms with E-state index in [4.69, 9.17) is 23.2 Å². The lowest BCUT2D eigenvalue weighted by Gasteiger charge is -2.07. The van der Waals surface area contributed by atoms with Crippen molar-refractivity contribution in [2.45, 2.75) is 6.42 Å². The number of carbonyl (C=O) groups is 1. The lowest BCUT2D eigenvalue weighted by molar-refractivity contribution is 0.0954. The molecule has 2 aromatic rings. The maximum atomic E-state index is 11.9. The molecule has 0 bridgehead atoms. The van der Waals surface area contributed by atoms with Gasteiger partial charge in [0, 0.05) is 13.0 Å². The number of aromatic nitrogens is 2. The number of nitrogens with one attached hydrogen (secondary N) is 2. The molecule has 1 heterocycles. The molecule has 0 aliphatic heterocycles. The number of amides is 1. The van der Waals surface area contributed by atoms with Gasteiger partial charge in [0.1, 0.15) is 0 Å². The number of H-pyrrole nitrogens is 1. The minimum Gasteiger partial charge on any atom is -0.351 e. The van der Waals surface area contributed by atoms with E-state index in [0.29, 0.717) is 12.2 Å². The highest BCUT2D eigenvalue weighted by atomic mass is 35.5. The number of aromatic amines is 1. The Hall–Kier alpha value is -1.79. The van der Waals surface area contributed by atoms with Crippen LogP contribution in [0.2, 0.25) is 10.0 Å². The minimum atomic E-state index is -0.629. The number of hydrogen-bond donors (Lipinski definition) is 2. The van der Waals surface area contributed by atoms with Crippen LogP contribution in [0, 0.1) is 0 Å². The van der Waals surface area contributed by atoms with Crippen molar-refractivity contribution < 1.29 is 9.32 Å². The zero-order valence-electron chi connectivity index (χ0n) is 9.57. The van der Waals surface area contributed by atoms with Crippen molar-refractivity contribution in [3.8, 4) is 0 Å². The molecular formula is C11H9Cl2N3O3. The Labute approximate surface area is 117 Å². The molecule has 0 atom stereocenters. The van der Waals surface area contributed by atoms with Gasteiger partial charge in [-0.05, 0) is 12.1 Å². The smallest absolute Gasteiger partial charge is 0.351 e. The standard InChI is InChI=1S/C11H9Cl2N3O3/c12-6-2-1-3-7(13)9(6)10(17)14-5-4-8-15-11(18)19-16-8/h1-3H,4-5H2,(H,14,17)(H,15,16,18). The van der Waals surface area contributed by atoms with Gasteiger partial charge in [0.15, 0.2) is 5.82 Å². The summed E-state index contributed by atoms with van der Waals surface area (Å²) in [6.07, 6.45) is 0.333. The summed E-state index contributed by atoms with van der Waals surface area (Å²) in [6, 6.07) is 4.82. The molecule has 1 aromatic carbocycles. The van der Waals surface area contributed by atoms with Crippen LogP contribution in [0.4, 0.5) is 0 Å². The third kappa shape index (κ3) is 3.36. The first-order chi connectivity index (χ1) is 9.08. The topological polar surface area (TPSA) is 88.0 Å². The Morgan fingerprint density at radius 2 is 2.05 bits per heavy atom. The van der Waals surface area contributed by atoms with Crippen molar-refractivity contribution >= 4 is 29.1 Å². The summed E-state index contributed by atoms with van der Waals surface area (Å²) in [4.78, 5) is 25.0. The van der Waals surface area contributed by atoms with Crippen molar-refractivity contribution in [2.24, 2.45) is 0 Å². The van der Waals surface area contributed by atoms with E-state index in [0.717, 1.165) is 0 Å². The lowest BCUT2D eigenvalue weighted by atomic mass is 10.2. The van der Waals surface area contributed by atoms with Crippen LogP contribution in [0.5, 0.6) is 0 Å². The molecule has 2 N–H and O–H groups in total. The third-order valence-electron chi connectivity index (χ3n) is 2.32. The van der Waals surface area contributed by atoms with Gasteiger partial charge in [0.05, 0.1) is 15.6 Å². The Balaban J connectivity index is 1.96. The SMILES string of the molecule is O=C(NCCc1noc(=O)[nH]1)c1c(Cl)cccc1Cl. The van der Waals surface area contributed by atoms with Gasteiger partial charge in [0.25, 0.3) is 5.91 Å². The fraction of sp³-hybridized carbons (Fsp3) is 0.182. The summed E-state index contributed by atoms with van der Waals surface area (Å²) in [6.45, 7) is 0.267. The molecule has 8 heteroatoms. The molecule has 1 aromatic heterocycles. The van der Waals surface area contributed by atoms with Gasteiger partial charge in [0.2, 0.25) is 0 Å². The lowest BCUT2D eigenvalue weighted by Crippen LogP contribution is -2.26. The van der Waals surface area contributed by atoms with E-state index >= 15 is 0 Å². The van der Waals surface area contributed by atoms with Crippen LogP contribution in [-0.2, 0) is 6.42 Å². The second kappa shape index (κ2) is 5.90. The monoisotopic (exact) mass is 301 g/mol. The summed E-state index contributed by atoms with van der Waals surface area (Å²) in [5.41, 5.74) is 0.222. The largest absolute Gasteiger partial charge is 0.438 e. The fourth-order valence-electron chi connectivity index (χ4n) is 1.47. The van der Waals surface area contributed by atoms with Crippen LogP contribution >= 0.6 is 23.2 Å². The number of halogens is 2. The summed E-state index contributed by atoms with van der Waals surface area (Å²) in [7, 11) is 0. The zero-order valence-corrected chi connectivity index (χ0v) is 11.1. The average Bonchev–Trinajstić information content (AvgIpc) is 2.75. The minimum absolute atomic E-state index is 0.222. The van der Waals surface area contributed by atoms with Gasteiger partial charge in [-0.3, -0.25) is 14.3 Å². The van der Waals surface area contributed by atoms with Gasteiger partial charge in [-0.15, -0.1) is 0 Å². The molecule has 100 valence electrons. The molecule has 0 spiro atoms. The summed E-state index contributed by atoms with van der Waals surface area (Å²) < 4.78 is 4.33. The molecular weight excluding hydrogens is 293 g/mol. The molecule has 1 amide bonds. The molecule has 0 aliphatic rings. The van der Waals surface area contributed by atoms with E-state index < -0.39 is 5.76 Å².